The van der Waals surface area contributed by atoms with Crippen molar-refractivity contribution in [3.63, 3.8) is 0 Å². The Bertz CT molecular complexity index is 859. The highest BCUT2D eigenvalue weighted by molar-refractivity contribution is 5.93. The van der Waals surface area contributed by atoms with Gasteiger partial charge in [0.05, 0.1) is 19.7 Å². The minimum atomic E-state index is -0.491. The molecule has 0 aliphatic carbocycles. The molecule has 5 heteroatoms. The van der Waals surface area contributed by atoms with Gasteiger partial charge in [0.1, 0.15) is 18.1 Å². The molecule has 0 saturated carbocycles. The standard InChI is InChI=1S/C19H17NO4/c1-22-14-9-7-13(8-10-14)12-24-18-11-17(19(21)23-2)20-16-6-4-3-5-15(16)18/h3-11H,12H2,1-2H3. The van der Waals surface area contributed by atoms with Crippen LogP contribution < -0.4 is 9.47 Å². The van der Waals surface area contributed by atoms with Crippen LogP contribution >= 0.6 is 0 Å². The number of fused-ring (bicyclic) bond motifs is 1. The molecule has 0 N–H and O–H groups in total. The molecule has 0 aliphatic heterocycles. The van der Waals surface area contributed by atoms with E-state index in [1.54, 1.807) is 13.2 Å². The first kappa shape index (κ1) is 15.8. The molecule has 0 atom stereocenters. The summed E-state index contributed by atoms with van der Waals surface area (Å²) in [5.74, 6) is 0.896. The number of ether oxygens (including phenoxy) is 3. The highest BCUT2D eigenvalue weighted by Crippen LogP contribution is 2.26. The topological polar surface area (TPSA) is 57.7 Å². The van der Waals surface area contributed by atoms with E-state index in [1.807, 2.05) is 48.5 Å². The molecule has 0 radical (unpaired) electrons. The Labute approximate surface area is 139 Å². The predicted octanol–water partition coefficient (Wildman–Crippen LogP) is 3.61. The summed E-state index contributed by atoms with van der Waals surface area (Å²) >= 11 is 0. The van der Waals surface area contributed by atoms with Crippen LogP contribution in [0.25, 0.3) is 10.9 Å². The third-order valence-electron chi connectivity index (χ3n) is 3.63. The Morgan fingerprint density at radius 2 is 1.79 bits per heavy atom. The lowest BCUT2D eigenvalue weighted by Gasteiger charge is -2.11. The number of benzene rings is 2. The van der Waals surface area contributed by atoms with Gasteiger partial charge < -0.3 is 14.2 Å². The lowest BCUT2D eigenvalue weighted by atomic mass is 10.1. The predicted molar refractivity (Wildman–Crippen MR) is 90.4 cm³/mol. The highest BCUT2D eigenvalue weighted by atomic mass is 16.5. The van der Waals surface area contributed by atoms with Crippen LogP contribution in [-0.4, -0.2) is 25.2 Å². The number of carbonyl (C=O) groups excluding carboxylic acids is 1. The van der Waals surface area contributed by atoms with Crippen LogP contribution in [0.4, 0.5) is 0 Å². The Morgan fingerprint density at radius 3 is 2.50 bits per heavy atom. The summed E-state index contributed by atoms with van der Waals surface area (Å²) < 4.78 is 15.8. The van der Waals surface area contributed by atoms with E-state index < -0.39 is 5.97 Å². The third-order valence-corrected chi connectivity index (χ3v) is 3.63. The van der Waals surface area contributed by atoms with Crippen LogP contribution in [0.1, 0.15) is 16.1 Å². The van der Waals surface area contributed by atoms with Gasteiger partial charge in [-0.15, -0.1) is 0 Å². The molecule has 1 heterocycles. The lowest BCUT2D eigenvalue weighted by molar-refractivity contribution is 0.0594. The molecular weight excluding hydrogens is 306 g/mol. The Balaban J connectivity index is 1.90. The number of aromatic nitrogens is 1. The summed E-state index contributed by atoms with van der Waals surface area (Å²) in [4.78, 5) is 16.1. The number of hydrogen-bond acceptors (Lipinski definition) is 5. The van der Waals surface area contributed by atoms with Gasteiger partial charge in [-0.2, -0.15) is 0 Å². The van der Waals surface area contributed by atoms with Gasteiger partial charge in [0.25, 0.3) is 0 Å². The van der Waals surface area contributed by atoms with Crippen LogP contribution in [0.3, 0.4) is 0 Å². The SMILES string of the molecule is COC(=O)c1cc(OCc2ccc(OC)cc2)c2ccccc2n1. The summed E-state index contributed by atoms with van der Waals surface area (Å²) in [5, 5.41) is 0.846. The van der Waals surface area contributed by atoms with E-state index in [1.165, 1.54) is 7.11 Å². The molecule has 0 saturated heterocycles. The Hall–Kier alpha value is -3.08. The molecular formula is C19H17NO4. The van der Waals surface area contributed by atoms with Crippen molar-refractivity contribution in [2.45, 2.75) is 6.61 Å². The molecule has 0 bridgehead atoms. The second-order valence-corrected chi connectivity index (χ2v) is 5.15. The van der Waals surface area contributed by atoms with Crippen molar-refractivity contribution in [2.24, 2.45) is 0 Å². The molecule has 2 aromatic carbocycles. The van der Waals surface area contributed by atoms with Crippen LogP contribution in [0.15, 0.2) is 54.6 Å². The van der Waals surface area contributed by atoms with Crippen molar-refractivity contribution in [3.8, 4) is 11.5 Å². The van der Waals surface area contributed by atoms with Crippen LogP contribution in [-0.2, 0) is 11.3 Å². The van der Waals surface area contributed by atoms with E-state index in [2.05, 4.69) is 4.98 Å². The molecule has 3 rings (SSSR count). The first-order valence-electron chi connectivity index (χ1n) is 7.45. The highest BCUT2D eigenvalue weighted by Gasteiger charge is 2.13. The summed E-state index contributed by atoms with van der Waals surface area (Å²) in [5.41, 5.74) is 1.90. The number of pyridine rings is 1. The quantitative estimate of drug-likeness (QED) is 0.671. The fourth-order valence-corrected chi connectivity index (χ4v) is 2.35. The van der Waals surface area contributed by atoms with E-state index in [9.17, 15) is 4.79 Å². The first-order chi connectivity index (χ1) is 11.7. The van der Waals surface area contributed by atoms with Crippen molar-refractivity contribution in [1.29, 1.82) is 0 Å². The van der Waals surface area contributed by atoms with Gasteiger partial charge >= 0.3 is 5.97 Å². The van der Waals surface area contributed by atoms with Gasteiger partial charge in [0, 0.05) is 11.5 Å². The van der Waals surface area contributed by atoms with Gasteiger partial charge in [0.2, 0.25) is 0 Å². The number of carbonyl (C=O) groups is 1. The van der Waals surface area contributed by atoms with Crippen LogP contribution in [0.5, 0.6) is 11.5 Å². The third kappa shape index (κ3) is 3.30. The largest absolute Gasteiger partial charge is 0.497 e. The molecule has 0 spiro atoms. The van der Waals surface area contributed by atoms with Crippen molar-refractivity contribution in [1.82, 2.24) is 4.98 Å². The van der Waals surface area contributed by atoms with Crippen LogP contribution in [0, 0.1) is 0 Å². The Kier molecular flexibility index (Phi) is 4.61. The Morgan fingerprint density at radius 1 is 1.04 bits per heavy atom. The molecule has 1 aromatic heterocycles. The molecule has 5 nitrogen and oxygen atoms in total. The van der Waals surface area contributed by atoms with Gasteiger partial charge in [-0.1, -0.05) is 24.3 Å². The molecule has 122 valence electrons. The van der Waals surface area contributed by atoms with E-state index in [0.29, 0.717) is 17.9 Å². The van der Waals surface area contributed by atoms with E-state index in [0.717, 1.165) is 16.7 Å². The second-order valence-electron chi connectivity index (χ2n) is 5.15. The number of nitrogens with zero attached hydrogens (tertiary/aromatic N) is 1. The maximum atomic E-state index is 11.8. The second kappa shape index (κ2) is 7.00. The van der Waals surface area contributed by atoms with Crippen molar-refractivity contribution < 1.29 is 19.0 Å². The zero-order chi connectivity index (χ0) is 16.9. The minimum Gasteiger partial charge on any atom is -0.497 e. The number of hydrogen-bond donors (Lipinski definition) is 0. The zero-order valence-electron chi connectivity index (χ0n) is 13.5. The van der Waals surface area contributed by atoms with Gasteiger partial charge in [-0.05, 0) is 29.8 Å². The van der Waals surface area contributed by atoms with Crippen molar-refractivity contribution >= 4 is 16.9 Å². The minimum absolute atomic E-state index is 0.223. The molecule has 0 unspecified atom stereocenters. The summed E-state index contributed by atoms with van der Waals surface area (Å²) in [6.45, 7) is 0.374. The fourth-order valence-electron chi connectivity index (χ4n) is 2.35. The fraction of sp³-hybridized carbons (Fsp3) is 0.158. The smallest absolute Gasteiger partial charge is 0.356 e. The molecule has 3 aromatic rings. The molecule has 0 fully saturated rings. The van der Waals surface area contributed by atoms with Crippen LogP contribution in [0.2, 0.25) is 0 Å². The first-order valence-corrected chi connectivity index (χ1v) is 7.45. The van der Waals surface area contributed by atoms with E-state index in [4.69, 9.17) is 14.2 Å². The average molecular weight is 323 g/mol. The van der Waals surface area contributed by atoms with E-state index in [-0.39, 0.29) is 5.69 Å². The molecule has 0 aliphatic rings. The van der Waals surface area contributed by atoms with E-state index >= 15 is 0 Å². The molecule has 0 amide bonds. The maximum absolute atomic E-state index is 11.8. The normalized spacial score (nSPS) is 10.4. The summed E-state index contributed by atoms with van der Waals surface area (Å²) in [6.07, 6.45) is 0. The number of esters is 1. The summed E-state index contributed by atoms with van der Waals surface area (Å²) in [7, 11) is 2.96. The van der Waals surface area contributed by atoms with Gasteiger partial charge in [0.15, 0.2) is 5.69 Å². The monoisotopic (exact) mass is 323 g/mol. The lowest BCUT2D eigenvalue weighted by Crippen LogP contribution is -2.06. The summed E-state index contributed by atoms with van der Waals surface area (Å²) in [6, 6.07) is 16.7. The maximum Gasteiger partial charge on any atom is 0.356 e. The average Bonchev–Trinajstić information content (AvgIpc) is 2.65. The van der Waals surface area contributed by atoms with Crippen molar-refractivity contribution in [3.05, 3.63) is 65.9 Å². The number of rotatable bonds is 5. The van der Waals surface area contributed by atoms with Crippen molar-refractivity contribution in [2.75, 3.05) is 14.2 Å². The van der Waals surface area contributed by atoms with Gasteiger partial charge in [-0.25, -0.2) is 9.78 Å². The zero-order valence-corrected chi connectivity index (χ0v) is 13.5. The molecule has 24 heavy (non-hydrogen) atoms. The number of methoxy groups -OCH3 is 2. The number of para-hydroxylation sites is 1. The van der Waals surface area contributed by atoms with Gasteiger partial charge in [-0.3, -0.25) is 0 Å².